The molecule has 0 bridgehead atoms. The van der Waals surface area contributed by atoms with Crippen molar-refractivity contribution in [2.75, 3.05) is 26.7 Å². The van der Waals surface area contributed by atoms with Crippen LogP contribution in [0.1, 0.15) is 36.5 Å². The molecule has 4 rings (SSSR count). The predicted molar refractivity (Wildman–Crippen MR) is 129 cm³/mol. The second-order valence-corrected chi connectivity index (χ2v) is 8.64. The van der Waals surface area contributed by atoms with Gasteiger partial charge < -0.3 is 14.9 Å². The normalized spacial score (nSPS) is 19.2. The molecule has 1 aliphatic rings. The molecule has 1 unspecified atom stereocenters. The summed E-state index contributed by atoms with van der Waals surface area (Å²) >= 11 is 0. The van der Waals surface area contributed by atoms with Gasteiger partial charge in [-0.15, -0.1) is 0 Å². The summed E-state index contributed by atoms with van der Waals surface area (Å²) in [5, 5.41) is 21.7. The molecule has 3 atom stereocenters. The average Bonchev–Trinajstić information content (AvgIpc) is 2.87. The SMILES string of the molecule is COc1ccc2nccc(C(O)CC[C@@H]3CCN(CC#Cc4ccncc4)C[C@@H]3C(=O)O)c2c1. The summed E-state index contributed by atoms with van der Waals surface area (Å²) in [6, 6.07) is 11.1. The largest absolute Gasteiger partial charge is 0.497 e. The van der Waals surface area contributed by atoms with Crippen LogP contribution in [0.5, 0.6) is 5.75 Å². The Morgan fingerprint density at radius 1 is 1.24 bits per heavy atom. The van der Waals surface area contributed by atoms with Crippen molar-refractivity contribution in [3.63, 3.8) is 0 Å². The van der Waals surface area contributed by atoms with Crippen LogP contribution in [0.4, 0.5) is 0 Å². The molecular weight excluding hydrogens is 430 g/mol. The number of piperidine rings is 1. The zero-order valence-corrected chi connectivity index (χ0v) is 19.2. The monoisotopic (exact) mass is 459 g/mol. The first kappa shape index (κ1) is 23.7. The number of aliphatic hydroxyl groups excluding tert-OH is 1. The maximum Gasteiger partial charge on any atom is 0.308 e. The van der Waals surface area contributed by atoms with Gasteiger partial charge in [0.15, 0.2) is 0 Å². The number of aliphatic hydroxyl groups is 1. The van der Waals surface area contributed by atoms with Crippen LogP contribution in [0.15, 0.2) is 55.0 Å². The number of hydrogen-bond acceptors (Lipinski definition) is 6. The molecule has 2 N–H and O–H groups in total. The first-order valence-corrected chi connectivity index (χ1v) is 11.5. The maximum atomic E-state index is 12.0. The van der Waals surface area contributed by atoms with Crippen molar-refractivity contribution >= 4 is 16.9 Å². The third-order valence-corrected chi connectivity index (χ3v) is 6.53. The fraction of sp³-hybridized carbons (Fsp3) is 0.370. The molecule has 1 aromatic carbocycles. The first-order chi connectivity index (χ1) is 16.5. The van der Waals surface area contributed by atoms with E-state index in [1.165, 1.54) is 0 Å². The Morgan fingerprint density at radius 2 is 2.06 bits per heavy atom. The third-order valence-electron chi connectivity index (χ3n) is 6.53. The van der Waals surface area contributed by atoms with Gasteiger partial charge >= 0.3 is 5.97 Å². The van der Waals surface area contributed by atoms with Crippen LogP contribution in [0, 0.1) is 23.7 Å². The van der Waals surface area contributed by atoms with Gasteiger partial charge in [0.2, 0.25) is 0 Å². The molecule has 0 aliphatic carbocycles. The van der Waals surface area contributed by atoms with E-state index in [9.17, 15) is 15.0 Å². The van der Waals surface area contributed by atoms with Crippen LogP contribution in [-0.2, 0) is 4.79 Å². The van der Waals surface area contributed by atoms with Crippen LogP contribution in [-0.4, -0.2) is 57.8 Å². The highest BCUT2D eigenvalue weighted by Gasteiger charge is 2.34. The molecule has 3 heterocycles. The van der Waals surface area contributed by atoms with Gasteiger partial charge in [0, 0.05) is 36.1 Å². The van der Waals surface area contributed by atoms with Gasteiger partial charge in [-0.3, -0.25) is 19.7 Å². The molecular formula is C27H29N3O4. The number of hydrogen-bond donors (Lipinski definition) is 2. The molecule has 0 radical (unpaired) electrons. The smallest absolute Gasteiger partial charge is 0.308 e. The van der Waals surface area contributed by atoms with E-state index in [2.05, 4.69) is 26.7 Å². The topological polar surface area (TPSA) is 95.8 Å². The molecule has 34 heavy (non-hydrogen) atoms. The number of carboxylic acids is 1. The molecule has 1 saturated heterocycles. The van der Waals surface area contributed by atoms with E-state index in [4.69, 9.17) is 4.74 Å². The lowest BCUT2D eigenvalue weighted by Gasteiger charge is -2.36. The summed E-state index contributed by atoms with van der Waals surface area (Å²) in [7, 11) is 1.61. The van der Waals surface area contributed by atoms with E-state index in [1.807, 2.05) is 36.4 Å². The van der Waals surface area contributed by atoms with Gasteiger partial charge in [0.05, 0.1) is 31.2 Å². The van der Waals surface area contributed by atoms with Crippen molar-refractivity contribution in [2.24, 2.45) is 11.8 Å². The Balaban J connectivity index is 1.38. The molecule has 176 valence electrons. The summed E-state index contributed by atoms with van der Waals surface area (Å²) < 4.78 is 5.32. The van der Waals surface area contributed by atoms with Gasteiger partial charge in [-0.25, -0.2) is 0 Å². The third kappa shape index (κ3) is 5.71. The Labute approximate surface area is 199 Å². The number of likely N-dealkylation sites (tertiary alicyclic amines) is 1. The van der Waals surface area contributed by atoms with Gasteiger partial charge in [0.1, 0.15) is 5.75 Å². The Hall–Kier alpha value is -3.47. The summed E-state index contributed by atoms with van der Waals surface area (Å²) in [6.07, 6.45) is 6.31. The number of benzene rings is 1. The number of fused-ring (bicyclic) bond motifs is 1. The van der Waals surface area contributed by atoms with E-state index in [0.29, 0.717) is 31.7 Å². The summed E-state index contributed by atoms with van der Waals surface area (Å²) in [4.78, 5) is 22.5. The molecule has 7 nitrogen and oxygen atoms in total. The van der Waals surface area contributed by atoms with Gasteiger partial charge in [0.25, 0.3) is 0 Å². The number of carboxylic acid groups (broad SMARTS) is 1. The zero-order valence-electron chi connectivity index (χ0n) is 19.2. The van der Waals surface area contributed by atoms with Gasteiger partial charge in [-0.2, -0.15) is 0 Å². The number of carbonyl (C=O) groups is 1. The Bertz CT molecular complexity index is 1190. The van der Waals surface area contributed by atoms with E-state index in [-0.39, 0.29) is 5.92 Å². The quantitative estimate of drug-likeness (QED) is 0.522. The summed E-state index contributed by atoms with van der Waals surface area (Å²) in [6.45, 7) is 1.80. The number of nitrogens with zero attached hydrogens (tertiary/aromatic N) is 3. The lowest BCUT2D eigenvalue weighted by atomic mass is 9.81. The number of rotatable bonds is 7. The Kier molecular flexibility index (Phi) is 7.73. The van der Waals surface area contributed by atoms with Crippen molar-refractivity contribution in [3.05, 3.63) is 66.1 Å². The zero-order chi connectivity index (χ0) is 23.9. The minimum absolute atomic E-state index is 0.0131. The van der Waals surface area contributed by atoms with E-state index >= 15 is 0 Å². The first-order valence-electron chi connectivity index (χ1n) is 11.5. The van der Waals surface area contributed by atoms with Crippen molar-refractivity contribution in [1.29, 1.82) is 0 Å². The highest BCUT2D eigenvalue weighted by atomic mass is 16.5. The van der Waals surface area contributed by atoms with E-state index in [0.717, 1.165) is 35.0 Å². The second kappa shape index (κ2) is 11.1. The standard InChI is InChI=1S/C27H29N3O4/c1-34-21-5-6-25-23(17-21)22(10-14-29-25)26(31)7-4-20-11-16-30(18-24(20)27(32)33)15-2-3-19-8-12-28-13-9-19/h5-6,8-10,12-14,17,20,24,26,31H,4,7,11,15-16,18H2,1H3,(H,32,33)/t20-,24+,26?/m1/s1. The fourth-order valence-corrected chi connectivity index (χ4v) is 4.62. The molecule has 1 aliphatic heterocycles. The van der Waals surface area contributed by atoms with Gasteiger partial charge in [-0.05, 0) is 73.7 Å². The van der Waals surface area contributed by atoms with Crippen molar-refractivity contribution < 1.29 is 19.7 Å². The van der Waals surface area contributed by atoms with Crippen molar-refractivity contribution in [1.82, 2.24) is 14.9 Å². The van der Waals surface area contributed by atoms with Crippen molar-refractivity contribution in [3.8, 4) is 17.6 Å². The molecule has 2 aromatic heterocycles. The Morgan fingerprint density at radius 3 is 2.82 bits per heavy atom. The molecule has 0 amide bonds. The lowest BCUT2D eigenvalue weighted by Crippen LogP contribution is -2.44. The minimum Gasteiger partial charge on any atom is -0.497 e. The highest BCUT2D eigenvalue weighted by Crippen LogP contribution is 2.33. The number of methoxy groups -OCH3 is 1. The lowest BCUT2D eigenvalue weighted by molar-refractivity contribution is -0.146. The van der Waals surface area contributed by atoms with E-state index < -0.39 is 18.0 Å². The summed E-state index contributed by atoms with van der Waals surface area (Å²) in [5.41, 5.74) is 2.48. The number of pyridine rings is 2. The summed E-state index contributed by atoms with van der Waals surface area (Å²) in [5.74, 6) is 5.70. The maximum absolute atomic E-state index is 12.0. The predicted octanol–water partition coefficient (Wildman–Crippen LogP) is 3.53. The van der Waals surface area contributed by atoms with Crippen LogP contribution < -0.4 is 4.74 Å². The van der Waals surface area contributed by atoms with Crippen LogP contribution in [0.25, 0.3) is 10.9 Å². The van der Waals surface area contributed by atoms with Crippen LogP contribution in [0.2, 0.25) is 0 Å². The molecule has 7 heteroatoms. The molecule has 0 saturated carbocycles. The molecule has 1 fully saturated rings. The minimum atomic E-state index is -0.787. The van der Waals surface area contributed by atoms with Gasteiger partial charge in [-0.1, -0.05) is 11.8 Å². The number of aromatic nitrogens is 2. The van der Waals surface area contributed by atoms with Crippen LogP contribution >= 0.6 is 0 Å². The molecule has 3 aromatic rings. The van der Waals surface area contributed by atoms with E-state index in [1.54, 1.807) is 25.7 Å². The number of aliphatic carboxylic acids is 1. The van der Waals surface area contributed by atoms with Crippen molar-refractivity contribution in [2.45, 2.75) is 25.4 Å². The highest BCUT2D eigenvalue weighted by molar-refractivity contribution is 5.83. The average molecular weight is 460 g/mol. The fourth-order valence-electron chi connectivity index (χ4n) is 4.62. The number of ether oxygens (including phenoxy) is 1. The van der Waals surface area contributed by atoms with Crippen LogP contribution in [0.3, 0.4) is 0 Å². The second-order valence-electron chi connectivity index (χ2n) is 8.64. The molecule has 0 spiro atoms.